The minimum Gasteiger partial charge on any atom is -0.481 e. The Kier molecular flexibility index (Phi) is 5.99. The van der Waals surface area contributed by atoms with E-state index in [0.29, 0.717) is 0 Å². The molecule has 0 aliphatic rings. The Labute approximate surface area is 74.8 Å². The highest BCUT2D eigenvalue weighted by molar-refractivity contribution is 5.73. The molecule has 4 N–H and O–H groups in total. The first kappa shape index (κ1) is 14.0. The van der Waals surface area contributed by atoms with Crippen molar-refractivity contribution < 1.29 is 9.90 Å². The fraction of sp³-hybridized carbons (Fsp3) is 0.889. The molecule has 0 radical (unpaired) electrons. The molecule has 74 valence electrons. The van der Waals surface area contributed by atoms with E-state index >= 15 is 0 Å². The van der Waals surface area contributed by atoms with E-state index in [1.165, 1.54) is 0 Å². The Bertz CT molecular complexity index is 143. The van der Waals surface area contributed by atoms with E-state index in [2.05, 4.69) is 6.92 Å². The quantitative estimate of drug-likeness (QED) is 0.690. The summed E-state index contributed by atoms with van der Waals surface area (Å²) < 4.78 is 0. The summed E-state index contributed by atoms with van der Waals surface area (Å²) in [4.78, 5) is 10.7. The Balaban J connectivity index is 0. The molecule has 0 amide bonds. The van der Waals surface area contributed by atoms with Gasteiger partial charge in [-0.25, -0.2) is 0 Å². The second-order valence-corrected chi connectivity index (χ2v) is 3.72. The van der Waals surface area contributed by atoms with Crippen molar-refractivity contribution >= 4 is 5.97 Å². The molecule has 0 fully saturated rings. The number of carbonyl (C=O) groups is 1. The monoisotopic (exact) mass is 175 g/mol. The Morgan fingerprint density at radius 3 is 2.17 bits per heavy atom. The third-order valence-electron chi connectivity index (χ3n) is 2.50. The maximum absolute atomic E-state index is 10.7. The smallest absolute Gasteiger partial charge is 0.309 e. The Morgan fingerprint density at radius 1 is 1.50 bits per heavy atom. The number of carboxylic acids is 1. The molecule has 0 aromatic heterocycles. The Hall–Kier alpha value is -0.570. The zero-order valence-corrected chi connectivity index (χ0v) is 8.55. The second-order valence-electron chi connectivity index (χ2n) is 3.72. The number of aliphatic carboxylic acids is 1. The van der Waals surface area contributed by atoms with Gasteiger partial charge in [0.2, 0.25) is 0 Å². The van der Waals surface area contributed by atoms with Crippen molar-refractivity contribution in [3.05, 3.63) is 0 Å². The average Bonchev–Trinajstić information content (AvgIpc) is 1.88. The molecule has 0 heterocycles. The Morgan fingerprint density at radius 2 is 1.92 bits per heavy atom. The minimum absolute atomic E-state index is 0. The molecule has 0 aromatic rings. The van der Waals surface area contributed by atoms with E-state index < -0.39 is 11.4 Å². The third kappa shape index (κ3) is 3.22. The minimum atomic E-state index is -0.696. The molecule has 0 saturated carbocycles. The highest BCUT2D eigenvalue weighted by Crippen LogP contribution is 2.29. The fourth-order valence-electron chi connectivity index (χ4n) is 1.00. The van der Waals surface area contributed by atoms with E-state index in [4.69, 9.17) is 5.11 Å². The van der Waals surface area contributed by atoms with E-state index in [1.807, 2.05) is 6.92 Å². The van der Waals surface area contributed by atoms with Gasteiger partial charge in [-0.15, -0.1) is 0 Å². The molecule has 0 spiro atoms. The first-order chi connectivity index (χ1) is 4.92. The van der Waals surface area contributed by atoms with Crippen LogP contribution >= 0.6 is 0 Å². The van der Waals surface area contributed by atoms with Crippen molar-refractivity contribution in [3.8, 4) is 0 Å². The molecule has 1 atom stereocenters. The largest absolute Gasteiger partial charge is 0.481 e. The zero-order valence-electron chi connectivity index (χ0n) is 8.55. The lowest BCUT2D eigenvalue weighted by Gasteiger charge is -2.26. The lowest BCUT2D eigenvalue weighted by Crippen LogP contribution is -2.30. The molecule has 3 heteroatoms. The molecule has 1 unspecified atom stereocenters. The first-order valence-electron chi connectivity index (χ1n) is 4.16. The summed E-state index contributed by atoms with van der Waals surface area (Å²) in [6.07, 6.45) is 2.04. The van der Waals surface area contributed by atoms with Crippen LogP contribution in [0.2, 0.25) is 0 Å². The summed E-state index contributed by atoms with van der Waals surface area (Å²) >= 11 is 0. The van der Waals surface area contributed by atoms with Crippen LogP contribution in [-0.4, -0.2) is 11.1 Å². The van der Waals surface area contributed by atoms with Crippen molar-refractivity contribution in [1.82, 2.24) is 6.15 Å². The summed E-state index contributed by atoms with van der Waals surface area (Å²) in [5.41, 5.74) is -0.573. The van der Waals surface area contributed by atoms with Gasteiger partial charge in [0.1, 0.15) is 0 Å². The molecule has 12 heavy (non-hydrogen) atoms. The van der Waals surface area contributed by atoms with Crippen LogP contribution in [0.1, 0.15) is 40.5 Å². The highest BCUT2D eigenvalue weighted by Gasteiger charge is 2.32. The maximum Gasteiger partial charge on any atom is 0.309 e. The second kappa shape index (κ2) is 5.14. The number of hydrogen-bond acceptors (Lipinski definition) is 2. The standard InChI is InChI=1S/C9H18O2.H3N/c1-5-6-7(2)9(3,4)8(10)11;/h7H,5-6H2,1-4H3,(H,10,11);1H3. The van der Waals surface area contributed by atoms with Crippen molar-refractivity contribution in [2.75, 3.05) is 0 Å². The van der Waals surface area contributed by atoms with Crippen molar-refractivity contribution in [2.24, 2.45) is 11.3 Å². The van der Waals surface area contributed by atoms with Crippen LogP contribution in [0.25, 0.3) is 0 Å². The number of rotatable bonds is 4. The predicted molar refractivity (Wildman–Crippen MR) is 50.5 cm³/mol. The van der Waals surface area contributed by atoms with E-state index in [-0.39, 0.29) is 12.1 Å². The first-order valence-corrected chi connectivity index (χ1v) is 4.16. The summed E-state index contributed by atoms with van der Waals surface area (Å²) in [7, 11) is 0. The summed E-state index contributed by atoms with van der Waals surface area (Å²) in [5, 5.41) is 8.84. The average molecular weight is 175 g/mol. The van der Waals surface area contributed by atoms with Crippen LogP contribution in [0.3, 0.4) is 0 Å². The molecule has 0 rings (SSSR count). The van der Waals surface area contributed by atoms with Crippen LogP contribution < -0.4 is 6.15 Å². The van der Waals surface area contributed by atoms with E-state index in [0.717, 1.165) is 12.8 Å². The van der Waals surface area contributed by atoms with E-state index in [1.54, 1.807) is 13.8 Å². The topological polar surface area (TPSA) is 72.3 Å². The third-order valence-corrected chi connectivity index (χ3v) is 2.50. The molecule has 0 aromatic carbocycles. The predicted octanol–water partition coefficient (Wildman–Crippen LogP) is 2.70. The van der Waals surface area contributed by atoms with Crippen molar-refractivity contribution in [2.45, 2.75) is 40.5 Å². The summed E-state index contributed by atoms with van der Waals surface area (Å²) in [5.74, 6) is -0.441. The lowest BCUT2D eigenvalue weighted by atomic mass is 9.78. The molecule has 0 saturated heterocycles. The van der Waals surface area contributed by atoms with Gasteiger partial charge in [0.15, 0.2) is 0 Å². The SMILES string of the molecule is CCCC(C)C(C)(C)C(=O)O.N. The molecular weight excluding hydrogens is 154 g/mol. The van der Waals surface area contributed by atoms with Crippen LogP contribution in [-0.2, 0) is 4.79 Å². The fourth-order valence-corrected chi connectivity index (χ4v) is 1.00. The van der Waals surface area contributed by atoms with Crippen molar-refractivity contribution in [1.29, 1.82) is 0 Å². The molecule has 0 aliphatic heterocycles. The molecule has 0 bridgehead atoms. The van der Waals surface area contributed by atoms with E-state index in [9.17, 15) is 4.79 Å². The van der Waals surface area contributed by atoms with Gasteiger partial charge in [-0.05, 0) is 26.2 Å². The normalized spacial score (nSPS) is 13.3. The molecule has 0 aliphatic carbocycles. The van der Waals surface area contributed by atoms with Gasteiger partial charge in [-0.3, -0.25) is 4.79 Å². The van der Waals surface area contributed by atoms with Gasteiger partial charge < -0.3 is 11.3 Å². The van der Waals surface area contributed by atoms with Crippen molar-refractivity contribution in [3.63, 3.8) is 0 Å². The van der Waals surface area contributed by atoms with Gasteiger partial charge in [0, 0.05) is 0 Å². The number of hydrogen-bond donors (Lipinski definition) is 2. The summed E-state index contributed by atoms with van der Waals surface area (Å²) in [6.45, 7) is 7.65. The van der Waals surface area contributed by atoms with Gasteiger partial charge in [0.05, 0.1) is 5.41 Å². The summed E-state index contributed by atoms with van der Waals surface area (Å²) in [6, 6.07) is 0. The van der Waals surface area contributed by atoms with Crippen LogP contribution in [0.4, 0.5) is 0 Å². The lowest BCUT2D eigenvalue weighted by molar-refractivity contribution is -0.149. The van der Waals surface area contributed by atoms with Crippen LogP contribution in [0.15, 0.2) is 0 Å². The van der Waals surface area contributed by atoms with Gasteiger partial charge >= 0.3 is 5.97 Å². The zero-order chi connectivity index (χ0) is 9.07. The highest BCUT2D eigenvalue weighted by atomic mass is 16.4. The number of carboxylic acid groups (broad SMARTS) is 1. The van der Waals surface area contributed by atoms with Crippen LogP contribution in [0, 0.1) is 11.3 Å². The maximum atomic E-state index is 10.7. The molecule has 3 nitrogen and oxygen atoms in total. The van der Waals surface area contributed by atoms with Gasteiger partial charge in [0.25, 0.3) is 0 Å². The van der Waals surface area contributed by atoms with Crippen LogP contribution in [0.5, 0.6) is 0 Å². The van der Waals surface area contributed by atoms with Gasteiger partial charge in [-0.2, -0.15) is 0 Å². The molecular formula is C9H21NO2. The van der Waals surface area contributed by atoms with Gasteiger partial charge in [-0.1, -0.05) is 20.3 Å².